The van der Waals surface area contributed by atoms with Gasteiger partial charge in [0.25, 0.3) is 5.91 Å². The fourth-order valence-corrected chi connectivity index (χ4v) is 5.48. The Morgan fingerprint density at radius 2 is 1.64 bits per heavy atom. The quantitative estimate of drug-likeness (QED) is 0.527. The molecule has 4 heterocycles. The molecule has 1 aromatic carbocycles. The summed E-state index contributed by atoms with van der Waals surface area (Å²) in [7, 11) is 0. The first-order valence-corrected chi connectivity index (χ1v) is 12.8. The second-order valence-corrected chi connectivity index (χ2v) is 9.93. The molecule has 2 saturated heterocycles. The second-order valence-electron chi connectivity index (χ2n) is 9.93. The lowest BCUT2D eigenvalue weighted by Gasteiger charge is -2.38. The average Bonchev–Trinajstić information content (AvgIpc) is 3.23. The van der Waals surface area contributed by atoms with Gasteiger partial charge in [-0.05, 0) is 68.1 Å². The van der Waals surface area contributed by atoms with Crippen molar-refractivity contribution in [1.82, 2.24) is 25.1 Å². The molecule has 1 N–H and O–H groups in total. The molecular formula is C29H33N5O2. The SMILES string of the molecule is O=C(NC(CCN1CCC2(CC1)CCN(Cc1cccnc1)C2=O)c1ccccc1)c1cccnc1. The van der Waals surface area contributed by atoms with E-state index < -0.39 is 0 Å². The highest BCUT2D eigenvalue weighted by molar-refractivity contribution is 5.94. The molecule has 0 radical (unpaired) electrons. The molecule has 2 fully saturated rings. The fourth-order valence-electron chi connectivity index (χ4n) is 5.48. The van der Waals surface area contributed by atoms with Crippen molar-refractivity contribution >= 4 is 11.8 Å². The number of benzene rings is 1. The van der Waals surface area contributed by atoms with Gasteiger partial charge in [0.1, 0.15) is 0 Å². The lowest BCUT2D eigenvalue weighted by atomic mass is 9.77. The molecule has 1 spiro atoms. The van der Waals surface area contributed by atoms with E-state index in [-0.39, 0.29) is 17.4 Å². The summed E-state index contributed by atoms with van der Waals surface area (Å²) >= 11 is 0. The molecule has 186 valence electrons. The van der Waals surface area contributed by atoms with E-state index in [9.17, 15) is 9.59 Å². The minimum absolute atomic E-state index is 0.0853. The predicted molar refractivity (Wildman–Crippen MR) is 138 cm³/mol. The number of rotatable bonds is 8. The third kappa shape index (κ3) is 5.46. The van der Waals surface area contributed by atoms with Gasteiger partial charge in [0.05, 0.1) is 17.0 Å². The number of piperidine rings is 1. The van der Waals surface area contributed by atoms with Crippen LogP contribution in [-0.2, 0) is 11.3 Å². The van der Waals surface area contributed by atoms with Gasteiger partial charge in [-0.3, -0.25) is 19.6 Å². The first-order chi connectivity index (χ1) is 17.6. The number of carbonyl (C=O) groups is 2. The zero-order valence-electron chi connectivity index (χ0n) is 20.6. The fraction of sp³-hybridized carbons (Fsp3) is 0.379. The van der Waals surface area contributed by atoms with E-state index in [0.29, 0.717) is 18.0 Å². The molecule has 3 aromatic rings. The number of likely N-dealkylation sites (tertiary alicyclic amines) is 2. The first-order valence-electron chi connectivity index (χ1n) is 12.8. The Kier molecular flexibility index (Phi) is 7.37. The Balaban J connectivity index is 1.17. The molecule has 2 aliphatic heterocycles. The third-order valence-electron chi connectivity index (χ3n) is 7.68. The summed E-state index contributed by atoms with van der Waals surface area (Å²) in [5, 5.41) is 3.20. The molecule has 0 bridgehead atoms. The Morgan fingerprint density at radius 1 is 0.917 bits per heavy atom. The molecule has 7 nitrogen and oxygen atoms in total. The van der Waals surface area contributed by atoms with Crippen molar-refractivity contribution in [3.05, 3.63) is 96.1 Å². The van der Waals surface area contributed by atoms with Crippen LogP contribution in [0.25, 0.3) is 0 Å². The Hall–Kier alpha value is -3.58. The number of carbonyl (C=O) groups excluding carboxylic acids is 2. The largest absolute Gasteiger partial charge is 0.345 e. The van der Waals surface area contributed by atoms with Gasteiger partial charge in [0, 0.05) is 44.4 Å². The third-order valence-corrected chi connectivity index (χ3v) is 7.68. The molecular weight excluding hydrogens is 450 g/mol. The van der Waals surface area contributed by atoms with Crippen molar-refractivity contribution in [2.75, 3.05) is 26.2 Å². The van der Waals surface area contributed by atoms with Crippen LogP contribution in [-0.4, -0.2) is 57.8 Å². The van der Waals surface area contributed by atoms with E-state index in [1.807, 2.05) is 41.4 Å². The van der Waals surface area contributed by atoms with Gasteiger partial charge < -0.3 is 15.1 Å². The Bertz CT molecular complexity index is 1150. The van der Waals surface area contributed by atoms with Crippen molar-refractivity contribution in [3.63, 3.8) is 0 Å². The van der Waals surface area contributed by atoms with Gasteiger partial charge in [0.15, 0.2) is 0 Å². The molecule has 0 saturated carbocycles. The molecule has 1 unspecified atom stereocenters. The zero-order valence-corrected chi connectivity index (χ0v) is 20.6. The van der Waals surface area contributed by atoms with E-state index in [1.54, 1.807) is 30.7 Å². The molecule has 1 atom stereocenters. The van der Waals surface area contributed by atoms with Gasteiger partial charge in [-0.25, -0.2) is 0 Å². The summed E-state index contributed by atoms with van der Waals surface area (Å²) in [5.41, 5.74) is 2.53. The molecule has 2 aromatic heterocycles. The number of aromatic nitrogens is 2. The van der Waals surface area contributed by atoms with Crippen LogP contribution in [0.4, 0.5) is 0 Å². The van der Waals surface area contributed by atoms with Crippen molar-refractivity contribution < 1.29 is 9.59 Å². The molecule has 36 heavy (non-hydrogen) atoms. The average molecular weight is 484 g/mol. The van der Waals surface area contributed by atoms with E-state index in [0.717, 1.165) is 63.0 Å². The van der Waals surface area contributed by atoms with Crippen LogP contribution in [0.15, 0.2) is 79.4 Å². The maximum Gasteiger partial charge on any atom is 0.253 e. The van der Waals surface area contributed by atoms with Gasteiger partial charge in [-0.1, -0.05) is 36.4 Å². The van der Waals surface area contributed by atoms with Crippen LogP contribution in [0.3, 0.4) is 0 Å². The summed E-state index contributed by atoms with van der Waals surface area (Å²) < 4.78 is 0. The zero-order chi connectivity index (χ0) is 24.8. The summed E-state index contributed by atoms with van der Waals surface area (Å²) in [4.78, 5) is 38.9. The second kappa shape index (κ2) is 11.0. The number of hydrogen-bond acceptors (Lipinski definition) is 5. The van der Waals surface area contributed by atoms with Crippen LogP contribution < -0.4 is 5.32 Å². The topological polar surface area (TPSA) is 78.4 Å². The van der Waals surface area contributed by atoms with Crippen LogP contribution >= 0.6 is 0 Å². The highest BCUT2D eigenvalue weighted by Gasteiger charge is 2.47. The predicted octanol–water partition coefficient (Wildman–Crippen LogP) is 3.85. The van der Waals surface area contributed by atoms with Crippen molar-refractivity contribution in [1.29, 1.82) is 0 Å². The summed E-state index contributed by atoms with van der Waals surface area (Å²) in [6, 6.07) is 17.6. The number of hydrogen-bond donors (Lipinski definition) is 1. The van der Waals surface area contributed by atoms with Crippen molar-refractivity contribution in [3.8, 4) is 0 Å². The van der Waals surface area contributed by atoms with Crippen LogP contribution in [0.2, 0.25) is 0 Å². The standard InChI is InChI=1S/C29H33N5O2/c35-27(25-9-5-15-31-21-25)32-26(24-7-2-1-3-8-24)10-16-33-17-11-29(12-18-33)13-19-34(28(29)36)22-23-6-4-14-30-20-23/h1-9,14-15,20-21,26H,10-13,16-19,22H2,(H,32,35). The summed E-state index contributed by atoms with van der Waals surface area (Å²) in [6.07, 6.45) is 10.4. The molecule has 0 aliphatic carbocycles. The van der Waals surface area contributed by atoms with Crippen molar-refractivity contribution in [2.45, 2.75) is 38.3 Å². The van der Waals surface area contributed by atoms with E-state index in [2.05, 4.69) is 32.3 Å². The maximum absolute atomic E-state index is 13.3. The number of amides is 2. The van der Waals surface area contributed by atoms with Crippen molar-refractivity contribution in [2.24, 2.45) is 5.41 Å². The minimum Gasteiger partial charge on any atom is -0.345 e. The smallest absolute Gasteiger partial charge is 0.253 e. The lowest BCUT2D eigenvalue weighted by molar-refractivity contribution is -0.138. The number of nitrogens with one attached hydrogen (secondary N) is 1. The van der Waals surface area contributed by atoms with E-state index >= 15 is 0 Å². The van der Waals surface area contributed by atoms with Gasteiger partial charge in [-0.2, -0.15) is 0 Å². The first kappa shape index (κ1) is 24.1. The molecule has 2 amide bonds. The molecule has 5 rings (SSSR count). The van der Waals surface area contributed by atoms with Gasteiger partial charge in [0.2, 0.25) is 5.91 Å². The number of pyridine rings is 2. The Labute approximate surface area is 212 Å². The van der Waals surface area contributed by atoms with Crippen LogP contribution in [0.1, 0.15) is 53.2 Å². The monoisotopic (exact) mass is 483 g/mol. The molecule has 2 aliphatic rings. The van der Waals surface area contributed by atoms with Crippen LogP contribution in [0, 0.1) is 5.41 Å². The van der Waals surface area contributed by atoms with Crippen LogP contribution in [0.5, 0.6) is 0 Å². The maximum atomic E-state index is 13.3. The summed E-state index contributed by atoms with van der Waals surface area (Å²) in [5.74, 6) is 0.191. The minimum atomic E-state index is -0.216. The highest BCUT2D eigenvalue weighted by Crippen LogP contribution is 2.42. The van der Waals surface area contributed by atoms with Gasteiger partial charge in [-0.15, -0.1) is 0 Å². The van der Waals surface area contributed by atoms with E-state index in [4.69, 9.17) is 0 Å². The van der Waals surface area contributed by atoms with E-state index in [1.165, 1.54) is 0 Å². The molecule has 7 heteroatoms. The normalized spacial score (nSPS) is 18.3. The highest BCUT2D eigenvalue weighted by atomic mass is 16.2. The Morgan fingerprint density at radius 3 is 2.33 bits per heavy atom. The van der Waals surface area contributed by atoms with Gasteiger partial charge >= 0.3 is 0 Å². The lowest BCUT2D eigenvalue weighted by Crippen LogP contribution is -2.45. The number of nitrogens with zero attached hydrogens (tertiary/aromatic N) is 4. The summed E-state index contributed by atoms with van der Waals surface area (Å²) in [6.45, 7) is 4.16.